The molecule has 1 aromatic carbocycles. The van der Waals surface area contributed by atoms with Gasteiger partial charge in [-0.2, -0.15) is 0 Å². The van der Waals surface area contributed by atoms with E-state index < -0.39 is 0 Å². The van der Waals surface area contributed by atoms with E-state index in [-0.39, 0.29) is 23.8 Å². The van der Waals surface area contributed by atoms with Gasteiger partial charge in [-0.15, -0.1) is 0 Å². The number of hydrogen-bond donors (Lipinski definition) is 1. The minimum Gasteiger partial charge on any atom is -0.472 e. The summed E-state index contributed by atoms with van der Waals surface area (Å²) in [6.07, 6.45) is 5.17. The van der Waals surface area contributed by atoms with Gasteiger partial charge in [0.15, 0.2) is 0 Å². The van der Waals surface area contributed by atoms with Gasteiger partial charge in [-0.25, -0.2) is 0 Å². The number of likely N-dealkylation sites (tertiary alicyclic amines) is 1. The maximum Gasteiger partial charge on any atom is 0.257 e. The number of carbonyl (C=O) groups excluding carboxylic acids is 2. The summed E-state index contributed by atoms with van der Waals surface area (Å²) in [6, 6.07) is 11.8. The smallest absolute Gasteiger partial charge is 0.257 e. The van der Waals surface area contributed by atoms with E-state index in [1.807, 2.05) is 25.1 Å². The molecule has 1 unspecified atom stereocenters. The molecule has 0 spiro atoms. The second-order valence-corrected chi connectivity index (χ2v) is 7.15. The number of rotatable bonds is 8. The molecule has 0 aliphatic carbocycles. The van der Waals surface area contributed by atoms with Crippen molar-refractivity contribution in [3.05, 3.63) is 60.1 Å². The molecule has 3 rings (SSSR count). The van der Waals surface area contributed by atoms with Gasteiger partial charge in [-0.05, 0) is 37.8 Å². The largest absolute Gasteiger partial charge is 0.472 e. The Kier molecular flexibility index (Phi) is 7.25. The Hall–Kier alpha value is -2.60. The van der Waals surface area contributed by atoms with Crippen molar-refractivity contribution in [1.29, 1.82) is 0 Å². The second-order valence-electron chi connectivity index (χ2n) is 7.15. The quantitative estimate of drug-likeness (QED) is 0.708. The third-order valence-electron chi connectivity index (χ3n) is 5.18. The van der Waals surface area contributed by atoms with E-state index in [4.69, 9.17) is 9.15 Å². The van der Waals surface area contributed by atoms with Crippen LogP contribution in [0.3, 0.4) is 0 Å². The first kappa shape index (κ1) is 20.1. The van der Waals surface area contributed by atoms with Crippen LogP contribution in [-0.4, -0.2) is 43.0 Å². The molecule has 2 heterocycles. The molecule has 1 fully saturated rings. The number of ether oxygens (including phenoxy) is 1. The topological polar surface area (TPSA) is 71.8 Å². The Morgan fingerprint density at radius 1 is 1.21 bits per heavy atom. The maximum atomic E-state index is 12.4. The van der Waals surface area contributed by atoms with E-state index in [2.05, 4.69) is 17.4 Å². The first-order valence-electron chi connectivity index (χ1n) is 9.91. The van der Waals surface area contributed by atoms with Crippen LogP contribution >= 0.6 is 0 Å². The van der Waals surface area contributed by atoms with Gasteiger partial charge in [0.2, 0.25) is 5.91 Å². The van der Waals surface area contributed by atoms with Crippen LogP contribution in [0.15, 0.2) is 53.3 Å². The molecule has 6 nitrogen and oxygen atoms in total. The molecule has 150 valence electrons. The third kappa shape index (κ3) is 5.45. The van der Waals surface area contributed by atoms with Crippen LogP contribution in [0, 0.1) is 5.92 Å². The summed E-state index contributed by atoms with van der Waals surface area (Å²) < 4.78 is 10.8. The molecule has 28 heavy (non-hydrogen) atoms. The molecule has 1 saturated heterocycles. The van der Waals surface area contributed by atoms with E-state index in [0.717, 1.165) is 12.0 Å². The lowest BCUT2D eigenvalue weighted by Crippen LogP contribution is -2.43. The zero-order valence-electron chi connectivity index (χ0n) is 16.3. The van der Waals surface area contributed by atoms with Crippen molar-refractivity contribution >= 4 is 11.8 Å². The molecule has 0 saturated carbocycles. The number of amides is 2. The highest BCUT2D eigenvalue weighted by molar-refractivity contribution is 5.94. The predicted octanol–water partition coefficient (Wildman–Crippen LogP) is 3.42. The molecular formula is C22H28N2O4. The predicted molar refractivity (Wildman–Crippen MR) is 106 cm³/mol. The Labute approximate surface area is 165 Å². The lowest BCUT2D eigenvalue weighted by Gasteiger charge is -2.31. The highest BCUT2D eigenvalue weighted by Gasteiger charge is 2.27. The molecule has 1 aliphatic heterocycles. The number of carbonyl (C=O) groups is 2. The highest BCUT2D eigenvalue weighted by Crippen LogP contribution is 2.20. The molecule has 2 aromatic rings. The summed E-state index contributed by atoms with van der Waals surface area (Å²) >= 11 is 0. The molecule has 2 amide bonds. The number of nitrogens with one attached hydrogen (secondary N) is 1. The molecule has 0 bridgehead atoms. The lowest BCUT2D eigenvalue weighted by molar-refractivity contribution is -0.126. The zero-order valence-corrected chi connectivity index (χ0v) is 16.3. The van der Waals surface area contributed by atoms with Crippen LogP contribution in [0.4, 0.5) is 0 Å². The van der Waals surface area contributed by atoms with Crippen molar-refractivity contribution < 1.29 is 18.7 Å². The Balaban J connectivity index is 1.30. The van der Waals surface area contributed by atoms with E-state index in [0.29, 0.717) is 44.6 Å². The molecule has 0 radical (unpaired) electrons. The number of benzene rings is 1. The molecule has 1 aliphatic rings. The summed E-state index contributed by atoms with van der Waals surface area (Å²) in [6.45, 7) is 4.44. The maximum absolute atomic E-state index is 12.4. The van der Waals surface area contributed by atoms with E-state index in [1.165, 1.54) is 12.5 Å². The van der Waals surface area contributed by atoms with Crippen LogP contribution in [-0.2, 0) is 9.53 Å². The van der Waals surface area contributed by atoms with Gasteiger partial charge in [-0.3, -0.25) is 9.59 Å². The van der Waals surface area contributed by atoms with Crippen LogP contribution in [0.2, 0.25) is 0 Å². The van der Waals surface area contributed by atoms with Crippen molar-refractivity contribution in [2.45, 2.75) is 32.3 Å². The molecule has 1 N–H and O–H groups in total. The second kappa shape index (κ2) is 10.1. The molecule has 1 aromatic heterocycles. The monoisotopic (exact) mass is 384 g/mol. The molecule has 1 atom stereocenters. The minimum absolute atomic E-state index is 0.0300. The summed E-state index contributed by atoms with van der Waals surface area (Å²) in [5.74, 6) is 0.0152. The summed E-state index contributed by atoms with van der Waals surface area (Å²) in [4.78, 5) is 26.4. The van der Waals surface area contributed by atoms with Gasteiger partial charge in [0.1, 0.15) is 6.26 Å². The fourth-order valence-corrected chi connectivity index (χ4v) is 3.42. The Morgan fingerprint density at radius 3 is 2.64 bits per heavy atom. The van der Waals surface area contributed by atoms with Crippen molar-refractivity contribution in [1.82, 2.24) is 10.2 Å². The number of nitrogens with zero attached hydrogens (tertiary/aromatic N) is 1. The van der Waals surface area contributed by atoms with E-state index in [9.17, 15) is 9.59 Å². The van der Waals surface area contributed by atoms with E-state index in [1.54, 1.807) is 11.0 Å². The first-order valence-corrected chi connectivity index (χ1v) is 9.91. The fourth-order valence-electron chi connectivity index (χ4n) is 3.42. The van der Waals surface area contributed by atoms with Crippen molar-refractivity contribution in [3.63, 3.8) is 0 Å². The standard InChI is InChI=1S/C22H28N2O4/c1-17(18-6-3-2-4-7-18)28-14-5-11-23-21(25)19-8-12-24(13-9-19)22(26)20-10-15-27-16-20/h2-4,6-7,10,15-17,19H,5,8-9,11-14H2,1H3,(H,23,25). The summed E-state index contributed by atoms with van der Waals surface area (Å²) in [7, 11) is 0. The van der Waals surface area contributed by atoms with Gasteiger partial charge in [-0.1, -0.05) is 30.3 Å². The van der Waals surface area contributed by atoms with Gasteiger partial charge in [0.05, 0.1) is 17.9 Å². The van der Waals surface area contributed by atoms with Gasteiger partial charge in [0.25, 0.3) is 5.91 Å². The van der Waals surface area contributed by atoms with Crippen LogP contribution < -0.4 is 5.32 Å². The SMILES string of the molecule is CC(OCCCNC(=O)C1CCN(C(=O)c2ccoc2)CC1)c1ccccc1. The summed E-state index contributed by atoms with van der Waals surface area (Å²) in [5, 5.41) is 3.00. The fraction of sp³-hybridized carbons (Fsp3) is 0.455. The molecular weight excluding hydrogens is 356 g/mol. The van der Waals surface area contributed by atoms with Crippen LogP contribution in [0.5, 0.6) is 0 Å². The van der Waals surface area contributed by atoms with Crippen LogP contribution in [0.25, 0.3) is 0 Å². The van der Waals surface area contributed by atoms with Crippen molar-refractivity contribution in [2.24, 2.45) is 5.92 Å². The van der Waals surface area contributed by atoms with Crippen LogP contribution in [0.1, 0.15) is 48.2 Å². The number of piperidine rings is 1. The Bertz CT molecular complexity index is 737. The van der Waals surface area contributed by atoms with E-state index >= 15 is 0 Å². The van der Waals surface area contributed by atoms with Crippen molar-refractivity contribution in [2.75, 3.05) is 26.2 Å². The first-order chi connectivity index (χ1) is 13.6. The Morgan fingerprint density at radius 2 is 1.96 bits per heavy atom. The minimum atomic E-state index is -0.0303. The van der Waals surface area contributed by atoms with Crippen molar-refractivity contribution in [3.8, 4) is 0 Å². The zero-order chi connectivity index (χ0) is 19.8. The highest BCUT2D eigenvalue weighted by atomic mass is 16.5. The summed E-state index contributed by atoms with van der Waals surface area (Å²) in [5.41, 5.74) is 1.72. The molecule has 6 heteroatoms. The lowest BCUT2D eigenvalue weighted by atomic mass is 9.95. The average molecular weight is 384 g/mol. The van der Waals surface area contributed by atoms with Gasteiger partial charge in [0, 0.05) is 32.2 Å². The third-order valence-corrected chi connectivity index (χ3v) is 5.18. The average Bonchev–Trinajstić information content (AvgIpc) is 3.28. The van der Waals surface area contributed by atoms with Gasteiger partial charge < -0.3 is 19.4 Å². The number of furan rings is 1. The number of hydrogen-bond acceptors (Lipinski definition) is 4. The van der Waals surface area contributed by atoms with Gasteiger partial charge >= 0.3 is 0 Å². The normalized spacial score (nSPS) is 16.0.